The minimum absolute atomic E-state index is 0.317. The molecule has 2 rings (SSSR count). The number of aryl methyl sites for hydroxylation is 1. The van der Waals surface area contributed by atoms with E-state index in [2.05, 4.69) is 4.98 Å². The molecule has 0 aliphatic rings. The van der Waals surface area contributed by atoms with E-state index >= 15 is 0 Å². The summed E-state index contributed by atoms with van der Waals surface area (Å²) >= 11 is 0. The number of benzene rings is 1. The van der Waals surface area contributed by atoms with Gasteiger partial charge < -0.3 is 14.9 Å². The van der Waals surface area contributed by atoms with Crippen LogP contribution >= 0.6 is 0 Å². The van der Waals surface area contributed by atoms with E-state index in [-0.39, 0.29) is 0 Å². The number of nitrogen functional groups attached to an aromatic ring is 1. The second-order valence-electron chi connectivity index (χ2n) is 3.24. The van der Waals surface area contributed by atoms with Crippen molar-refractivity contribution in [3.63, 3.8) is 0 Å². The summed E-state index contributed by atoms with van der Waals surface area (Å²) in [6, 6.07) is 7.25. The van der Waals surface area contributed by atoms with Gasteiger partial charge in [0.25, 0.3) is 0 Å². The molecule has 2 N–H and O–H groups in total. The molecule has 78 valence electrons. The van der Waals surface area contributed by atoms with E-state index in [1.807, 2.05) is 25.1 Å². The lowest BCUT2D eigenvalue weighted by Crippen LogP contribution is -1.96. The number of anilines is 1. The fraction of sp³-hybridized carbons (Fsp3) is 0.182. The average Bonchev–Trinajstić information content (AvgIpc) is 2.62. The Morgan fingerprint density at radius 1 is 1.47 bits per heavy atom. The third-order valence-electron chi connectivity index (χ3n) is 1.89. The predicted molar refractivity (Wildman–Crippen MR) is 56.4 cm³/mol. The van der Waals surface area contributed by atoms with Gasteiger partial charge in [0.15, 0.2) is 6.61 Å². The molecule has 4 nitrogen and oxygen atoms in total. The Bertz CT molecular complexity index is 451. The molecule has 0 saturated carbocycles. The largest absolute Gasteiger partial charge is 0.484 e. The fourth-order valence-corrected chi connectivity index (χ4v) is 1.22. The number of hydrogen-bond acceptors (Lipinski definition) is 4. The van der Waals surface area contributed by atoms with Crippen LogP contribution in [0.2, 0.25) is 0 Å². The number of nitrogens with two attached hydrogens (primary N) is 1. The van der Waals surface area contributed by atoms with Gasteiger partial charge in [-0.15, -0.1) is 0 Å². The van der Waals surface area contributed by atoms with Crippen LogP contribution in [-0.2, 0) is 6.61 Å². The molecular weight excluding hydrogens is 192 g/mol. The average molecular weight is 204 g/mol. The van der Waals surface area contributed by atoms with Crippen molar-refractivity contribution >= 4 is 5.69 Å². The van der Waals surface area contributed by atoms with E-state index in [9.17, 15) is 0 Å². The van der Waals surface area contributed by atoms with Gasteiger partial charge in [0.05, 0.1) is 5.69 Å². The smallest absolute Gasteiger partial charge is 0.232 e. The SMILES string of the molecule is Cc1coc(COc2cccc(N)c2)n1. The van der Waals surface area contributed by atoms with Crippen LogP contribution in [0.15, 0.2) is 34.9 Å². The van der Waals surface area contributed by atoms with Crippen molar-refractivity contribution in [3.05, 3.63) is 42.1 Å². The minimum Gasteiger partial charge on any atom is -0.484 e. The molecule has 1 aromatic carbocycles. The third-order valence-corrected chi connectivity index (χ3v) is 1.89. The lowest BCUT2D eigenvalue weighted by atomic mass is 10.3. The Morgan fingerprint density at radius 2 is 2.33 bits per heavy atom. The van der Waals surface area contributed by atoms with Gasteiger partial charge in [0.2, 0.25) is 5.89 Å². The molecule has 0 fully saturated rings. The first-order valence-electron chi connectivity index (χ1n) is 4.63. The topological polar surface area (TPSA) is 61.3 Å². The van der Waals surface area contributed by atoms with Gasteiger partial charge >= 0.3 is 0 Å². The summed E-state index contributed by atoms with van der Waals surface area (Å²) < 4.78 is 10.6. The van der Waals surface area contributed by atoms with Crippen molar-refractivity contribution in [1.82, 2.24) is 4.98 Å². The second kappa shape index (κ2) is 4.04. The third kappa shape index (κ3) is 2.49. The highest BCUT2D eigenvalue weighted by atomic mass is 16.5. The van der Waals surface area contributed by atoms with Crippen molar-refractivity contribution in [2.45, 2.75) is 13.5 Å². The lowest BCUT2D eigenvalue weighted by molar-refractivity contribution is 0.263. The molecule has 0 saturated heterocycles. The first-order valence-corrected chi connectivity index (χ1v) is 4.63. The van der Waals surface area contributed by atoms with E-state index in [1.54, 1.807) is 12.3 Å². The Balaban J connectivity index is 1.99. The number of oxazole rings is 1. The molecule has 4 heteroatoms. The Labute approximate surface area is 87.7 Å². The fourth-order valence-electron chi connectivity index (χ4n) is 1.22. The summed E-state index contributed by atoms with van der Waals surface area (Å²) in [6.45, 7) is 2.19. The predicted octanol–water partition coefficient (Wildman–Crippen LogP) is 2.14. The summed E-state index contributed by atoms with van der Waals surface area (Å²) in [5.74, 6) is 1.28. The second-order valence-corrected chi connectivity index (χ2v) is 3.24. The van der Waals surface area contributed by atoms with Gasteiger partial charge in [-0.25, -0.2) is 4.98 Å². The number of nitrogens with zero attached hydrogens (tertiary/aromatic N) is 1. The van der Waals surface area contributed by atoms with E-state index < -0.39 is 0 Å². The van der Waals surface area contributed by atoms with Crippen LogP contribution in [0.3, 0.4) is 0 Å². The highest BCUT2D eigenvalue weighted by molar-refractivity contribution is 5.43. The summed E-state index contributed by atoms with van der Waals surface area (Å²) in [5, 5.41) is 0. The minimum atomic E-state index is 0.317. The summed E-state index contributed by atoms with van der Waals surface area (Å²) in [7, 11) is 0. The van der Waals surface area contributed by atoms with Gasteiger partial charge in [0.1, 0.15) is 12.0 Å². The Morgan fingerprint density at radius 3 is 3.00 bits per heavy atom. The highest BCUT2D eigenvalue weighted by Gasteiger charge is 2.01. The monoisotopic (exact) mass is 204 g/mol. The maximum Gasteiger partial charge on any atom is 0.232 e. The molecule has 1 aromatic heterocycles. The molecule has 0 atom stereocenters. The van der Waals surface area contributed by atoms with E-state index in [4.69, 9.17) is 14.9 Å². The first kappa shape index (κ1) is 9.58. The van der Waals surface area contributed by atoms with Gasteiger partial charge in [-0.05, 0) is 19.1 Å². The van der Waals surface area contributed by atoms with Crippen LogP contribution in [-0.4, -0.2) is 4.98 Å². The van der Waals surface area contributed by atoms with Gasteiger partial charge in [-0.1, -0.05) is 6.07 Å². The standard InChI is InChI=1S/C11H12N2O2/c1-8-6-15-11(13-8)7-14-10-4-2-3-9(12)5-10/h2-6H,7,12H2,1H3. The summed E-state index contributed by atoms with van der Waals surface area (Å²) in [6.07, 6.45) is 1.60. The normalized spacial score (nSPS) is 10.2. The molecule has 2 aromatic rings. The van der Waals surface area contributed by atoms with Gasteiger partial charge in [0, 0.05) is 11.8 Å². The number of hydrogen-bond donors (Lipinski definition) is 1. The summed E-state index contributed by atoms with van der Waals surface area (Å²) in [5.41, 5.74) is 7.14. The van der Waals surface area contributed by atoms with E-state index in [0.29, 0.717) is 23.9 Å². The van der Waals surface area contributed by atoms with Crippen molar-refractivity contribution in [2.24, 2.45) is 0 Å². The molecule has 0 aliphatic heterocycles. The van der Waals surface area contributed by atoms with Crippen LogP contribution in [0, 0.1) is 6.92 Å². The molecule has 0 aliphatic carbocycles. The molecule has 1 heterocycles. The number of rotatable bonds is 3. The van der Waals surface area contributed by atoms with Crippen molar-refractivity contribution in [2.75, 3.05) is 5.73 Å². The number of aromatic nitrogens is 1. The van der Waals surface area contributed by atoms with Crippen molar-refractivity contribution in [3.8, 4) is 5.75 Å². The number of ether oxygens (including phenoxy) is 1. The van der Waals surface area contributed by atoms with Crippen LogP contribution in [0.25, 0.3) is 0 Å². The Hall–Kier alpha value is -1.97. The highest BCUT2D eigenvalue weighted by Crippen LogP contribution is 2.15. The van der Waals surface area contributed by atoms with Gasteiger partial charge in [-0.2, -0.15) is 0 Å². The van der Waals surface area contributed by atoms with Crippen molar-refractivity contribution in [1.29, 1.82) is 0 Å². The van der Waals surface area contributed by atoms with Crippen LogP contribution in [0.5, 0.6) is 5.75 Å². The quantitative estimate of drug-likeness (QED) is 0.778. The lowest BCUT2D eigenvalue weighted by Gasteiger charge is -2.03. The first-order chi connectivity index (χ1) is 7.24. The van der Waals surface area contributed by atoms with Gasteiger partial charge in [-0.3, -0.25) is 0 Å². The molecule has 0 spiro atoms. The molecular formula is C11H12N2O2. The maximum atomic E-state index is 5.61. The van der Waals surface area contributed by atoms with Crippen LogP contribution in [0.4, 0.5) is 5.69 Å². The zero-order valence-corrected chi connectivity index (χ0v) is 8.43. The summed E-state index contributed by atoms with van der Waals surface area (Å²) in [4.78, 5) is 4.13. The molecule has 0 bridgehead atoms. The van der Waals surface area contributed by atoms with Crippen LogP contribution in [0.1, 0.15) is 11.6 Å². The zero-order valence-electron chi connectivity index (χ0n) is 8.43. The van der Waals surface area contributed by atoms with E-state index in [1.165, 1.54) is 0 Å². The van der Waals surface area contributed by atoms with E-state index in [0.717, 1.165) is 5.69 Å². The molecule has 15 heavy (non-hydrogen) atoms. The maximum absolute atomic E-state index is 5.61. The Kier molecular flexibility index (Phi) is 2.58. The zero-order chi connectivity index (χ0) is 10.7. The van der Waals surface area contributed by atoms with Crippen molar-refractivity contribution < 1.29 is 9.15 Å². The molecule has 0 amide bonds. The molecule has 0 unspecified atom stereocenters. The molecule has 0 radical (unpaired) electrons. The van der Waals surface area contributed by atoms with Crippen LogP contribution < -0.4 is 10.5 Å².